The zero-order valence-corrected chi connectivity index (χ0v) is 24.8. The van der Waals surface area contributed by atoms with Crippen molar-refractivity contribution in [2.75, 3.05) is 19.6 Å². The standard InChI is InChI=1S/C26H45NO3.C7H6O3/c1-4-6-8-10-12-14-20-27(21-15-13-11-9-7-5-2)22-23(3)30-26(29)24-16-18-25(28)19-17-24;8-6-3-1-5(2-4-6)7(9)10/h16-19,23,28H,4-15,20-22H2,1-3H3;1-4,8H,(H,9,10). The Hall–Kier alpha value is -3.06. The largest absolute Gasteiger partial charge is 0.508 e. The fraction of sp³-hybridized carbons (Fsp3) is 0.576. The second kappa shape index (κ2) is 21.7. The first-order chi connectivity index (χ1) is 19.3. The number of carbonyl (C=O) groups excluding carboxylic acids is 1. The van der Waals surface area contributed by atoms with E-state index in [0.717, 1.165) is 19.6 Å². The summed E-state index contributed by atoms with van der Waals surface area (Å²) in [5, 5.41) is 26.5. The second-order valence-corrected chi connectivity index (χ2v) is 10.5. The van der Waals surface area contributed by atoms with Crippen LogP contribution in [0.2, 0.25) is 0 Å². The summed E-state index contributed by atoms with van der Waals surface area (Å²) in [5.74, 6) is -1.07. The molecular formula is C33H51NO6. The molecule has 0 radical (unpaired) electrons. The molecule has 0 bridgehead atoms. The van der Waals surface area contributed by atoms with Crippen molar-refractivity contribution in [1.29, 1.82) is 0 Å². The Morgan fingerprint density at radius 2 is 1.07 bits per heavy atom. The Bertz CT molecular complexity index is 913. The summed E-state index contributed by atoms with van der Waals surface area (Å²) in [4.78, 5) is 25.1. The van der Waals surface area contributed by atoms with E-state index in [1.807, 2.05) is 6.92 Å². The van der Waals surface area contributed by atoms with E-state index < -0.39 is 5.97 Å². The van der Waals surface area contributed by atoms with Crippen LogP contribution in [0.15, 0.2) is 48.5 Å². The Kier molecular flexibility index (Phi) is 19.0. The van der Waals surface area contributed by atoms with Crippen molar-refractivity contribution in [2.45, 2.75) is 104 Å². The lowest BCUT2D eigenvalue weighted by molar-refractivity contribution is 0.0249. The SMILES string of the molecule is CCCCCCCCN(CCCCCCCC)CC(C)OC(=O)c1ccc(O)cc1.O=C(O)c1ccc(O)cc1. The lowest BCUT2D eigenvalue weighted by atomic mass is 10.1. The molecule has 7 nitrogen and oxygen atoms in total. The molecule has 224 valence electrons. The molecule has 3 N–H and O–H groups in total. The summed E-state index contributed by atoms with van der Waals surface area (Å²) in [6.07, 6.45) is 15.4. The van der Waals surface area contributed by atoms with E-state index in [0.29, 0.717) is 5.56 Å². The third-order valence-electron chi connectivity index (χ3n) is 6.70. The average molecular weight is 558 g/mol. The van der Waals surface area contributed by atoms with Gasteiger partial charge in [-0.1, -0.05) is 78.1 Å². The molecule has 0 aliphatic rings. The molecule has 0 aliphatic carbocycles. The fourth-order valence-corrected chi connectivity index (χ4v) is 4.38. The molecule has 2 rings (SSSR count). The second-order valence-electron chi connectivity index (χ2n) is 10.5. The molecule has 0 aromatic heterocycles. The molecule has 0 aliphatic heterocycles. The maximum atomic E-state index is 12.3. The number of esters is 1. The molecule has 1 unspecified atom stereocenters. The molecule has 7 heteroatoms. The topological polar surface area (TPSA) is 107 Å². The molecule has 0 saturated carbocycles. The van der Waals surface area contributed by atoms with Gasteiger partial charge in [0, 0.05) is 6.54 Å². The minimum absolute atomic E-state index is 0.0741. The van der Waals surface area contributed by atoms with E-state index in [1.165, 1.54) is 113 Å². The number of aromatic carboxylic acids is 1. The van der Waals surface area contributed by atoms with Gasteiger partial charge in [0.05, 0.1) is 11.1 Å². The van der Waals surface area contributed by atoms with Gasteiger partial charge in [-0.3, -0.25) is 4.90 Å². The average Bonchev–Trinajstić information content (AvgIpc) is 2.93. The van der Waals surface area contributed by atoms with Gasteiger partial charge in [-0.15, -0.1) is 0 Å². The number of hydrogen-bond donors (Lipinski definition) is 3. The van der Waals surface area contributed by atoms with E-state index in [9.17, 15) is 14.7 Å². The highest BCUT2D eigenvalue weighted by Gasteiger charge is 2.15. The summed E-state index contributed by atoms with van der Waals surface area (Å²) in [6, 6.07) is 11.6. The normalized spacial score (nSPS) is 11.5. The zero-order chi connectivity index (χ0) is 29.6. The molecule has 2 aromatic carbocycles. The number of carboxylic acids is 1. The zero-order valence-electron chi connectivity index (χ0n) is 24.8. The van der Waals surface area contributed by atoms with Gasteiger partial charge in [0.15, 0.2) is 0 Å². The van der Waals surface area contributed by atoms with Crippen molar-refractivity contribution < 1.29 is 29.6 Å². The van der Waals surface area contributed by atoms with Crippen LogP contribution < -0.4 is 0 Å². The third kappa shape index (κ3) is 16.8. The first-order valence-corrected chi connectivity index (χ1v) is 15.0. The van der Waals surface area contributed by atoms with Crippen molar-refractivity contribution in [3.63, 3.8) is 0 Å². The van der Waals surface area contributed by atoms with Crippen LogP contribution in [0.3, 0.4) is 0 Å². The lowest BCUT2D eigenvalue weighted by Crippen LogP contribution is -2.35. The minimum atomic E-state index is -0.986. The Morgan fingerprint density at radius 1 is 0.675 bits per heavy atom. The first-order valence-electron chi connectivity index (χ1n) is 15.0. The Morgan fingerprint density at radius 3 is 1.50 bits per heavy atom. The van der Waals surface area contributed by atoms with Crippen LogP contribution >= 0.6 is 0 Å². The van der Waals surface area contributed by atoms with Crippen LogP contribution in [-0.2, 0) is 4.74 Å². The van der Waals surface area contributed by atoms with Gasteiger partial charge in [0.25, 0.3) is 0 Å². The summed E-state index contributed by atoms with van der Waals surface area (Å²) in [6.45, 7) is 9.44. The van der Waals surface area contributed by atoms with Gasteiger partial charge < -0.3 is 20.1 Å². The van der Waals surface area contributed by atoms with Crippen LogP contribution in [0.4, 0.5) is 0 Å². The molecule has 1 atom stereocenters. The highest BCUT2D eigenvalue weighted by Crippen LogP contribution is 2.14. The van der Waals surface area contributed by atoms with Crippen LogP contribution in [-0.4, -0.2) is 57.9 Å². The van der Waals surface area contributed by atoms with Crippen LogP contribution in [0, 0.1) is 0 Å². The molecule has 0 heterocycles. The van der Waals surface area contributed by atoms with E-state index in [-0.39, 0.29) is 29.1 Å². The first kappa shape index (κ1) is 35.0. The Balaban J connectivity index is 0.000000667. The number of phenols is 2. The Labute approximate surface area is 241 Å². The summed E-state index contributed by atoms with van der Waals surface area (Å²) >= 11 is 0. The number of nitrogens with zero attached hydrogens (tertiary/aromatic N) is 1. The summed E-state index contributed by atoms with van der Waals surface area (Å²) < 4.78 is 5.66. The quantitative estimate of drug-likeness (QED) is 0.118. The monoisotopic (exact) mass is 557 g/mol. The maximum Gasteiger partial charge on any atom is 0.338 e. The van der Waals surface area contributed by atoms with E-state index >= 15 is 0 Å². The van der Waals surface area contributed by atoms with E-state index in [4.69, 9.17) is 14.9 Å². The van der Waals surface area contributed by atoms with Crippen molar-refractivity contribution in [2.24, 2.45) is 0 Å². The van der Waals surface area contributed by atoms with Crippen molar-refractivity contribution in [3.8, 4) is 11.5 Å². The molecule has 0 fully saturated rings. The number of benzene rings is 2. The number of hydrogen-bond acceptors (Lipinski definition) is 6. The third-order valence-corrected chi connectivity index (χ3v) is 6.70. The van der Waals surface area contributed by atoms with Crippen molar-refractivity contribution in [1.82, 2.24) is 4.90 Å². The smallest absolute Gasteiger partial charge is 0.338 e. The van der Waals surface area contributed by atoms with E-state index in [2.05, 4.69) is 18.7 Å². The summed E-state index contributed by atoms with van der Waals surface area (Å²) in [7, 11) is 0. The number of rotatable bonds is 19. The maximum absolute atomic E-state index is 12.3. The number of unbranched alkanes of at least 4 members (excludes halogenated alkanes) is 10. The predicted molar refractivity (Wildman–Crippen MR) is 161 cm³/mol. The number of phenolic OH excluding ortho intramolecular Hbond substituents is 2. The molecule has 40 heavy (non-hydrogen) atoms. The van der Waals surface area contributed by atoms with Crippen molar-refractivity contribution >= 4 is 11.9 Å². The van der Waals surface area contributed by atoms with E-state index in [1.54, 1.807) is 12.1 Å². The van der Waals surface area contributed by atoms with Gasteiger partial charge >= 0.3 is 11.9 Å². The van der Waals surface area contributed by atoms with Gasteiger partial charge in [-0.25, -0.2) is 9.59 Å². The fourth-order valence-electron chi connectivity index (χ4n) is 4.38. The highest BCUT2D eigenvalue weighted by molar-refractivity contribution is 5.89. The predicted octanol–water partition coefficient (Wildman–Crippen LogP) is 8.05. The van der Waals surface area contributed by atoms with Crippen molar-refractivity contribution in [3.05, 3.63) is 59.7 Å². The lowest BCUT2D eigenvalue weighted by Gasteiger charge is -2.26. The van der Waals surface area contributed by atoms with Crippen LogP contribution in [0.1, 0.15) is 119 Å². The molecule has 2 aromatic rings. The summed E-state index contributed by atoms with van der Waals surface area (Å²) in [5.41, 5.74) is 0.663. The minimum Gasteiger partial charge on any atom is -0.508 e. The molecular weight excluding hydrogens is 506 g/mol. The van der Waals surface area contributed by atoms with Gasteiger partial charge in [-0.2, -0.15) is 0 Å². The molecule has 0 saturated heterocycles. The molecule has 0 amide bonds. The highest BCUT2D eigenvalue weighted by atomic mass is 16.5. The number of carbonyl (C=O) groups is 2. The molecule has 0 spiro atoms. The van der Waals surface area contributed by atoms with Crippen LogP contribution in [0.25, 0.3) is 0 Å². The van der Waals surface area contributed by atoms with Gasteiger partial charge in [0.2, 0.25) is 0 Å². The number of aromatic hydroxyl groups is 2. The van der Waals surface area contributed by atoms with Gasteiger partial charge in [-0.05, 0) is 81.4 Å². The number of ether oxygens (including phenoxy) is 1. The number of carboxylic acid groups (broad SMARTS) is 1. The van der Waals surface area contributed by atoms with Crippen LogP contribution in [0.5, 0.6) is 11.5 Å². The van der Waals surface area contributed by atoms with Gasteiger partial charge in [0.1, 0.15) is 17.6 Å².